The molecule has 0 aliphatic rings. The first-order valence-corrected chi connectivity index (χ1v) is 5.84. The van der Waals surface area contributed by atoms with Crippen molar-refractivity contribution in [2.45, 2.75) is 19.0 Å². The molecule has 0 N–H and O–H groups in total. The highest BCUT2D eigenvalue weighted by molar-refractivity contribution is 7.99. The second-order valence-electron chi connectivity index (χ2n) is 2.80. The molecule has 78 valence electrons. The highest BCUT2D eigenvalue weighted by Crippen LogP contribution is 2.09. The molecule has 1 heterocycles. The van der Waals surface area contributed by atoms with Gasteiger partial charge in [-0.25, -0.2) is 4.98 Å². The molecule has 0 saturated heterocycles. The van der Waals surface area contributed by atoms with Gasteiger partial charge in [0.15, 0.2) is 0 Å². The molecule has 1 aromatic rings. The van der Waals surface area contributed by atoms with Gasteiger partial charge in [0.25, 0.3) is 0 Å². The van der Waals surface area contributed by atoms with Gasteiger partial charge >= 0.3 is 0 Å². The van der Waals surface area contributed by atoms with Crippen molar-refractivity contribution in [1.82, 2.24) is 20.1 Å². The Labute approximate surface area is 89.1 Å². The largest absolute Gasteiger partial charge is 0.303 e. The topological polar surface area (TPSA) is 41.9 Å². The normalized spacial score (nSPS) is 10.8. The number of hydrogen-bond donors (Lipinski definition) is 0. The summed E-state index contributed by atoms with van der Waals surface area (Å²) in [7, 11) is 0. The van der Waals surface area contributed by atoms with E-state index in [-0.39, 0.29) is 0 Å². The molecule has 0 unspecified atom stereocenters. The van der Waals surface area contributed by atoms with Gasteiger partial charge in [-0.2, -0.15) is 5.10 Å². The summed E-state index contributed by atoms with van der Waals surface area (Å²) in [5.41, 5.74) is 0. The van der Waals surface area contributed by atoms with Gasteiger partial charge in [-0.3, -0.25) is 0 Å². The molecule has 0 amide bonds. The fourth-order valence-electron chi connectivity index (χ4n) is 1.11. The monoisotopic (exact) mass is 212 g/mol. The summed E-state index contributed by atoms with van der Waals surface area (Å²) in [6.45, 7) is 7.63. The third-order valence-corrected chi connectivity index (χ3v) is 2.83. The standard InChI is InChI=1S/C9H16N4S/c1-3-13(4-2)7-8-14-9-10-5-6-11-12-9/h5-6H,3-4,7-8H2,1-2H3. The zero-order chi connectivity index (χ0) is 10.2. The summed E-state index contributed by atoms with van der Waals surface area (Å²) in [4.78, 5) is 6.48. The summed E-state index contributed by atoms with van der Waals surface area (Å²) < 4.78 is 0. The lowest BCUT2D eigenvalue weighted by Crippen LogP contribution is -2.25. The summed E-state index contributed by atoms with van der Waals surface area (Å²) in [5.74, 6) is 1.02. The number of thioether (sulfide) groups is 1. The van der Waals surface area contributed by atoms with Crippen LogP contribution >= 0.6 is 11.8 Å². The van der Waals surface area contributed by atoms with E-state index in [2.05, 4.69) is 33.9 Å². The maximum absolute atomic E-state index is 4.10. The molecule has 0 bridgehead atoms. The molecule has 0 atom stereocenters. The van der Waals surface area contributed by atoms with Crippen molar-refractivity contribution in [3.8, 4) is 0 Å². The SMILES string of the molecule is CCN(CC)CCSc1nccnn1. The predicted octanol–water partition coefficient (Wildman–Crippen LogP) is 1.31. The maximum atomic E-state index is 4.10. The van der Waals surface area contributed by atoms with Gasteiger partial charge in [0.2, 0.25) is 5.16 Å². The minimum atomic E-state index is 0.764. The van der Waals surface area contributed by atoms with Crippen LogP contribution in [-0.4, -0.2) is 45.5 Å². The lowest BCUT2D eigenvalue weighted by molar-refractivity contribution is 0.324. The fourth-order valence-corrected chi connectivity index (χ4v) is 1.88. The molecular weight excluding hydrogens is 196 g/mol. The van der Waals surface area contributed by atoms with Crippen molar-refractivity contribution < 1.29 is 0 Å². The highest BCUT2D eigenvalue weighted by atomic mass is 32.2. The number of hydrogen-bond acceptors (Lipinski definition) is 5. The molecule has 5 heteroatoms. The number of aromatic nitrogens is 3. The van der Waals surface area contributed by atoms with Crippen molar-refractivity contribution in [3.05, 3.63) is 12.4 Å². The Balaban J connectivity index is 2.21. The molecule has 0 radical (unpaired) electrons. The van der Waals surface area contributed by atoms with Crippen LogP contribution in [0.4, 0.5) is 0 Å². The molecule has 1 rings (SSSR count). The van der Waals surface area contributed by atoms with E-state index >= 15 is 0 Å². The van der Waals surface area contributed by atoms with E-state index in [0.717, 1.165) is 30.5 Å². The van der Waals surface area contributed by atoms with E-state index in [9.17, 15) is 0 Å². The van der Waals surface area contributed by atoms with Crippen molar-refractivity contribution in [2.75, 3.05) is 25.4 Å². The number of rotatable bonds is 6. The highest BCUT2D eigenvalue weighted by Gasteiger charge is 2.00. The Morgan fingerprint density at radius 2 is 2.07 bits per heavy atom. The first-order chi connectivity index (χ1) is 6.86. The molecule has 0 saturated carbocycles. The lowest BCUT2D eigenvalue weighted by Gasteiger charge is -2.16. The summed E-state index contributed by atoms with van der Waals surface area (Å²) in [6.07, 6.45) is 3.27. The van der Waals surface area contributed by atoms with Crippen LogP contribution in [0.1, 0.15) is 13.8 Å². The quantitative estimate of drug-likeness (QED) is 0.665. The zero-order valence-electron chi connectivity index (χ0n) is 8.68. The molecule has 1 aromatic heterocycles. The second kappa shape index (κ2) is 6.73. The first-order valence-electron chi connectivity index (χ1n) is 4.85. The smallest absolute Gasteiger partial charge is 0.209 e. The second-order valence-corrected chi connectivity index (χ2v) is 3.86. The van der Waals surface area contributed by atoms with Crippen LogP contribution in [0.3, 0.4) is 0 Å². The van der Waals surface area contributed by atoms with Crippen LogP contribution in [0.25, 0.3) is 0 Å². The van der Waals surface area contributed by atoms with E-state index < -0.39 is 0 Å². The van der Waals surface area contributed by atoms with Gasteiger partial charge in [0.1, 0.15) is 0 Å². The molecule has 0 aliphatic heterocycles. The van der Waals surface area contributed by atoms with E-state index in [0.29, 0.717) is 0 Å². The van der Waals surface area contributed by atoms with Gasteiger partial charge in [-0.15, -0.1) is 5.10 Å². The third-order valence-electron chi connectivity index (χ3n) is 1.99. The Kier molecular flexibility index (Phi) is 5.47. The Morgan fingerprint density at radius 3 is 2.64 bits per heavy atom. The zero-order valence-corrected chi connectivity index (χ0v) is 9.50. The minimum Gasteiger partial charge on any atom is -0.303 e. The summed E-state index contributed by atoms with van der Waals surface area (Å²) in [5, 5.41) is 8.45. The molecular formula is C9H16N4S. The van der Waals surface area contributed by atoms with Crippen molar-refractivity contribution in [3.63, 3.8) is 0 Å². The van der Waals surface area contributed by atoms with Gasteiger partial charge in [-0.1, -0.05) is 25.6 Å². The molecule has 4 nitrogen and oxygen atoms in total. The number of nitrogens with zero attached hydrogens (tertiary/aromatic N) is 4. The van der Waals surface area contributed by atoms with E-state index in [1.807, 2.05) is 0 Å². The van der Waals surface area contributed by atoms with Gasteiger partial charge in [0, 0.05) is 12.3 Å². The first kappa shape index (κ1) is 11.4. The van der Waals surface area contributed by atoms with E-state index in [1.165, 1.54) is 0 Å². The van der Waals surface area contributed by atoms with E-state index in [4.69, 9.17) is 0 Å². The van der Waals surface area contributed by atoms with E-state index in [1.54, 1.807) is 24.2 Å². The summed E-state index contributed by atoms with van der Waals surface area (Å²) >= 11 is 1.65. The van der Waals surface area contributed by atoms with Crippen LogP contribution in [-0.2, 0) is 0 Å². The van der Waals surface area contributed by atoms with Crippen molar-refractivity contribution in [1.29, 1.82) is 0 Å². The predicted molar refractivity (Wildman–Crippen MR) is 58.3 cm³/mol. The Bertz CT molecular complexity index is 238. The fraction of sp³-hybridized carbons (Fsp3) is 0.667. The average Bonchev–Trinajstić information content (AvgIpc) is 2.26. The van der Waals surface area contributed by atoms with Crippen LogP contribution < -0.4 is 0 Å². The van der Waals surface area contributed by atoms with Gasteiger partial charge in [-0.05, 0) is 13.1 Å². The average molecular weight is 212 g/mol. The Morgan fingerprint density at radius 1 is 1.29 bits per heavy atom. The molecule has 0 aromatic carbocycles. The van der Waals surface area contributed by atoms with Crippen LogP contribution in [0, 0.1) is 0 Å². The van der Waals surface area contributed by atoms with Crippen LogP contribution in [0.15, 0.2) is 17.6 Å². The lowest BCUT2D eigenvalue weighted by atomic mass is 10.5. The molecule has 0 fully saturated rings. The van der Waals surface area contributed by atoms with Crippen LogP contribution in [0.2, 0.25) is 0 Å². The molecule has 0 aliphatic carbocycles. The molecule has 0 spiro atoms. The van der Waals surface area contributed by atoms with Crippen molar-refractivity contribution >= 4 is 11.8 Å². The van der Waals surface area contributed by atoms with Crippen LogP contribution in [0.5, 0.6) is 0 Å². The van der Waals surface area contributed by atoms with Gasteiger partial charge in [0.05, 0.1) is 12.4 Å². The maximum Gasteiger partial charge on any atom is 0.209 e. The Hall–Kier alpha value is -0.680. The summed E-state index contributed by atoms with van der Waals surface area (Å²) in [6, 6.07) is 0. The molecule has 14 heavy (non-hydrogen) atoms. The van der Waals surface area contributed by atoms with Gasteiger partial charge < -0.3 is 4.90 Å². The minimum absolute atomic E-state index is 0.764. The third kappa shape index (κ3) is 4.02. The van der Waals surface area contributed by atoms with Crippen molar-refractivity contribution in [2.24, 2.45) is 0 Å².